The van der Waals surface area contributed by atoms with Crippen molar-refractivity contribution >= 4 is 21.6 Å². The highest BCUT2D eigenvalue weighted by atomic mass is 79.9. The van der Waals surface area contributed by atoms with Gasteiger partial charge in [-0.15, -0.1) is 0 Å². The van der Waals surface area contributed by atoms with E-state index < -0.39 is 0 Å². The monoisotopic (exact) mass is 330 g/mol. The molecule has 0 heterocycles. The van der Waals surface area contributed by atoms with Crippen LogP contribution in [0, 0.1) is 18.3 Å². The first-order chi connectivity index (χ1) is 9.69. The molecular weight excluding hydrogens is 316 g/mol. The lowest BCUT2D eigenvalue weighted by atomic mass is 10.2. The number of rotatable bonds is 5. The Balaban J connectivity index is 1.95. The summed E-state index contributed by atoms with van der Waals surface area (Å²) in [7, 11) is 0. The maximum Gasteiger partial charge on any atom is 0.174 e. The zero-order valence-electron chi connectivity index (χ0n) is 11.2. The molecule has 2 rings (SSSR count). The van der Waals surface area contributed by atoms with Gasteiger partial charge in [-0.05, 0) is 58.2 Å². The summed E-state index contributed by atoms with van der Waals surface area (Å²) in [5.41, 5.74) is 3.45. The minimum absolute atomic E-state index is 0.0773. The fourth-order valence-electron chi connectivity index (χ4n) is 1.78. The Kier molecular flexibility index (Phi) is 5.03. The van der Waals surface area contributed by atoms with Crippen molar-refractivity contribution in [3.05, 3.63) is 58.1 Å². The lowest BCUT2D eigenvalue weighted by Crippen LogP contribution is -2.00. The molecule has 3 nitrogen and oxygen atoms in total. The molecule has 0 radical (unpaired) electrons. The van der Waals surface area contributed by atoms with Gasteiger partial charge in [-0.25, -0.2) is 0 Å². The van der Waals surface area contributed by atoms with Crippen LogP contribution in [0.2, 0.25) is 0 Å². The third-order valence-electron chi connectivity index (χ3n) is 2.83. The minimum Gasteiger partial charge on any atom is -0.479 e. The Hall–Kier alpha value is -1.99. The number of halogens is 1. The van der Waals surface area contributed by atoms with Crippen LogP contribution < -0.4 is 10.1 Å². The van der Waals surface area contributed by atoms with E-state index in [9.17, 15) is 0 Å². The molecule has 0 bridgehead atoms. The quantitative estimate of drug-likeness (QED) is 0.890. The van der Waals surface area contributed by atoms with Crippen molar-refractivity contribution in [3.8, 4) is 11.8 Å². The zero-order chi connectivity index (χ0) is 14.4. The first kappa shape index (κ1) is 14.4. The molecule has 4 heteroatoms. The van der Waals surface area contributed by atoms with Crippen molar-refractivity contribution in [1.29, 1.82) is 5.26 Å². The average Bonchev–Trinajstić information content (AvgIpc) is 2.45. The number of nitrogens with one attached hydrogen (secondary N) is 1. The summed E-state index contributed by atoms with van der Waals surface area (Å²) in [5.74, 6) is 0.715. The van der Waals surface area contributed by atoms with Gasteiger partial charge in [0.05, 0.1) is 0 Å². The van der Waals surface area contributed by atoms with E-state index in [2.05, 4.69) is 46.4 Å². The Morgan fingerprint density at radius 3 is 2.60 bits per heavy atom. The molecule has 0 atom stereocenters. The number of hydrogen-bond acceptors (Lipinski definition) is 3. The van der Waals surface area contributed by atoms with Gasteiger partial charge in [0.1, 0.15) is 11.8 Å². The Morgan fingerprint density at radius 2 is 1.95 bits per heavy atom. The second kappa shape index (κ2) is 6.97. The molecule has 2 aromatic carbocycles. The molecule has 0 aromatic heterocycles. The second-order valence-electron chi connectivity index (χ2n) is 4.43. The van der Waals surface area contributed by atoms with Gasteiger partial charge in [0, 0.05) is 16.7 Å². The summed E-state index contributed by atoms with van der Waals surface area (Å²) in [6.07, 6.45) is 0. The molecule has 0 amide bonds. The largest absolute Gasteiger partial charge is 0.479 e. The highest BCUT2D eigenvalue weighted by molar-refractivity contribution is 9.10. The number of nitriles is 1. The summed E-state index contributed by atoms with van der Waals surface area (Å²) in [6, 6.07) is 15.9. The van der Waals surface area contributed by atoms with Crippen LogP contribution in [0.5, 0.6) is 5.75 Å². The third kappa shape index (κ3) is 4.01. The van der Waals surface area contributed by atoms with Crippen molar-refractivity contribution < 1.29 is 4.74 Å². The van der Waals surface area contributed by atoms with Crippen molar-refractivity contribution in [2.45, 2.75) is 13.5 Å². The molecule has 0 aliphatic rings. The van der Waals surface area contributed by atoms with E-state index >= 15 is 0 Å². The van der Waals surface area contributed by atoms with Gasteiger partial charge in [-0.1, -0.05) is 18.2 Å². The molecule has 0 fully saturated rings. The third-order valence-corrected chi connectivity index (χ3v) is 3.49. The van der Waals surface area contributed by atoms with E-state index in [0.717, 1.165) is 22.3 Å². The van der Waals surface area contributed by atoms with Crippen LogP contribution in [-0.4, -0.2) is 6.61 Å². The summed E-state index contributed by atoms with van der Waals surface area (Å²) in [5, 5.41) is 11.8. The van der Waals surface area contributed by atoms with E-state index in [1.807, 2.05) is 30.3 Å². The van der Waals surface area contributed by atoms with E-state index in [-0.39, 0.29) is 6.61 Å². The average molecular weight is 331 g/mol. The van der Waals surface area contributed by atoms with Crippen LogP contribution in [0.1, 0.15) is 11.1 Å². The number of hydrogen-bond donors (Lipinski definition) is 1. The van der Waals surface area contributed by atoms with E-state index in [1.54, 1.807) is 0 Å². The molecule has 20 heavy (non-hydrogen) atoms. The predicted molar refractivity (Wildman–Crippen MR) is 83.8 cm³/mol. The first-order valence-electron chi connectivity index (χ1n) is 6.28. The number of anilines is 1. The highest BCUT2D eigenvalue weighted by Crippen LogP contribution is 2.24. The van der Waals surface area contributed by atoms with Crippen molar-refractivity contribution in [2.75, 3.05) is 11.9 Å². The van der Waals surface area contributed by atoms with E-state index in [0.29, 0.717) is 5.75 Å². The lowest BCUT2D eigenvalue weighted by molar-refractivity contribution is 0.368. The Morgan fingerprint density at radius 1 is 1.20 bits per heavy atom. The summed E-state index contributed by atoms with van der Waals surface area (Å²) in [6.45, 7) is 2.88. The van der Waals surface area contributed by atoms with Crippen molar-refractivity contribution in [3.63, 3.8) is 0 Å². The maximum atomic E-state index is 8.45. The van der Waals surface area contributed by atoms with Gasteiger partial charge in [0.2, 0.25) is 0 Å². The van der Waals surface area contributed by atoms with Crippen molar-refractivity contribution in [1.82, 2.24) is 0 Å². The molecule has 0 saturated heterocycles. The number of ether oxygens (including phenoxy) is 1. The Labute approximate surface area is 127 Å². The molecule has 102 valence electrons. The summed E-state index contributed by atoms with van der Waals surface area (Å²) >= 11 is 3.55. The smallest absolute Gasteiger partial charge is 0.174 e. The lowest BCUT2D eigenvalue weighted by Gasteiger charge is -2.10. The van der Waals surface area contributed by atoms with Gasteiger partial charge in [-0.3, -0.25) is 0 Å². The van der Waals surface area contributed by atoms with Gasteiger partial charge >= 0.3 is 0 Å². The van der Waals surface area contributed by atoms with Crippen LogP contribution in [0.25, 0.3) is 0 Å². The fourth-order valence-corrected chi connectivity index (χ4v) is 2.41. The predicted octanol–water partition coefficient (Wildman–Crippen LogP) is 4.27. The zero-order valence-corrected chi connectivity index (χ0v) is 12.8. The molecule has 1 N–H and O–H groups in total. The van der Waals surface area contributed by atoms with Crippen LogP contribution in [0.15, 0.2) is 46.9 Å². The van der Waals surface area contributed by atoms with E-state index in [4.69, 9.17) is 10.00 Å². The van der Waals surface area contributed by atoms with Gasteiger partial charge in [-0.2, -0.15) is 5.26 Å². The second-order valence-corrected chi connectivity index (χ2v) is 5.28. The number of benzene rings is 2. The molecular formula is C16H15BrN2O. The molecule has 0 spiro atoms. The van der Waals surface area contributed by atoms with Gasteiger partial charge in [0.25, 0.3) is 0 Å². The van der Waals surface area contributed by atoms with Crippen LogP contribution >= 0.6 is 15.9 Å². The van der Waals surface area contributed by atoms with Crippen LogP contribution in [0.4, 0.5) is 5.69 Å². The minimum atomic E-state index is 0.0773. The first-order valence-corrected chi connectivity index (χ1v) is 7.07. The van der Waals surface area contributed by atoms with Gasteiger partial charge < -0.3 is 10.1 Å². The number of nitrogens with zero attached hydrogens (tertiary/aromatic N) is 1. The molecule has 0 aliphatic heterocycles. The molecule has 0 saturated carbocycles. The summed E-state index contributed by atoms with van der Waals surface area (Å²) < 4.78 is 6.28. The standard InChI is InChI=1S/C16H15BrN2O/c1-12-2-7-16(15(17)10-12)19-11-13-3-5-14(6-4-13)20-9-8-18/h2-7,10,19H,9,11H2,1H3. The molecule has 0 unspecified atom stereocenters. The number of aryl methyl sites for hydroxylation is 1. The van der Waals surface area contributed by atoms with E-state index in [1.165, 1.54) is 5.56 Å². The Bertz CT molecular complexity index is 617. The molecule has 0 aliphatic carbocycles. The normalized spacial score (nSPS) is 9.85. The molecule has 2 aromatic rings. The topological polar surface area (TPSA) is 45.0 Å². The van der Waals surface area contributed by atoms with Crippen LogP contribution in [0.3, 0.4) is 0 Å². The van der Waals surface area contributed by atoms with Gasteiger partial charge in [0.15, 0.2) is 6.61 Å². The van der Waals surface area contributed by atoms with Crippen LogP contribution in [-0.2, 0) is 6.54 Å². The summed E-state index contributed by atoms with van der Waals surface area (Å²) in [4.78, 5) is 0. The maximum absolute atomic E-state index is 8.45. The fraction of sp³-hybridized carbons (Fsp3) is 0.188. The SMILES string of the molecule is Cc1ccc(NCc2ccc(OCC#N)cc2)c(Br)c1. The van der Waals surface area contributed by atoms with Crippen molar-refractivity contribution in [2.24, 2.45) is 0 Å². The highest BCUT2D eigenvalue weighted by Gasteiger charge is 2.00.